The Morgan fingerprint density at radius 1 is 0.553 bits per heavy atom. The van der Waals surface area contributed by atoms with Crippen LogP contribution in [0.15, 0.2) is 16.7 Å². The van der Waals surface area contributed by atoms with Gasteiger partial charge < -0.3 is 0 Å². The molecule has 1 aliphatic rings. The second-order valence-electron chi connectivity index (χ2n) is 9.02. The quantitative estimate of drug-likeness (QED) is 0.122. The first-order chi connectivity index (χ1) is 22.1. The minimum absolute atomic E-state index is 0.659. The van der Waals surface area contributed by atoms with Gasteiger partial charge in [0, 0.05) is 22.3 Å². The summed E-state index contributed by atoms with van der Waals surface area (Å²) in [6.07, 6.45) is 0. The fourth-order valence-electron chi connectivity index (χ4n) is 4.47. The number of halogens is 12. The molecule has 0 heterocycles. The van der Waals surface area contributed by atoms with E-state index in [4.69, 9.17) is 23.7 Å². The molecule has 3 aromatic rings. The predicted molar refractivity (Wildman–Crippen MR) is 133 cm³/mol. The predicted octanol–water partition coefficient (Wildman–Crippen LogP) is 8.82. The van der Waals surface area contributed by atoms with Crippen molar-refractivity contribution in [3.8, 4) is 18.2 Å². The molecule has 0 N–H and O–H groups in total. The van der Waals surface area contributed by atoms with Crippen molar-refractivity contribution in [2.24, 2.45) is 0 Å². The fraction of sp³-hybridized carbons (Fsp3) is 0.0333. The zero-order valence-corrected chi connectivity index (χ0v) is 22.3. The standard InChI is InChI=1S/C30H3F12N5/c1-7-8(4-43)18(32)24(38)15(17(7)31)21(35)13-11(9(5-44)12-22(36)27(41)30(47-3)28(42)23(12)37)14(13)29(46-2)16-25(39)19(33)10(6-45)20(34)26(16)40/h1H3. The first-order valence-electron chi connectivity index (χ1n) is 11.8. The summed E-state index contributed by atoms with van der Waals surface area (Å²) < 4.78 is 179. The molecule has 0 bridgehead atoms. The number of nitrogens with zero attached hydrogens (tertiary/aromatic N) is 5. The zero-order valence-electron chi connectivity index (χ0n) is 22.3. The Labute approximate surface area is 253 Å². The van der Waals surface area contributed by atoms with Crippen LogP contribution in [0, 0.1) is 118 Å². The van der Waals surface area contributed by atoms with Crippen molar-refractivity contribution in [1.29, 1.82) is 15.8 Å². The molecule has 0 aliphatic heterocycles. The van der Waals surface area contributed by atoms with Crippen LogP contribution in [0.2, 0.25) is 0 Å². The van der Waals surface area contributed by atoms with Crippen LogP contribution in [-0.4, -0.2) is 0 Å². The molecule has 5 nitrogen and oxygen atoms in total. The highest BCUT2D eigenvalue weighted by molar-refractivity contribution is 6.09. The van der Waals surface area contributed by atoms with Gasteiger partial charge in [-0.05, 0) is 6.92 Å². The number of nitriles is 3. The van der Waals surface area contributed by atoms with Crippen molar-refractivity contribution >= 4 is 22.8 Å². The lowest BCUT2D eigenvalue weighted by Gasteiger charge is -2.09. The number of hydrogen-bond donors (Lipinski definition) is 0. The molecular weight excluding hydrogens is 658 g/mol. The third-order valence-corrected chi connectivity index (χ3v) is 6.72. The van der Waals surface area contributed by atoms with Crippen LogP contribution in [0.1, 0.15) is 33.4 Å². The van der Waals surface area contributed by atoms with E-state index < -0.39 is 137 Å². The second kappa shape index (κ2) is 11.8. The Morgan fingerprint density at radius 3 is 1.43 bits per heavy atom. The van der Waals surface area contributed by atoms with Crippen LogP contribution in [-0.2, 0) is 0 Å². The van der Waals surface area contributed by atoms with E-state index in [2.05, 4.69) is 9.69 Å². The van der Waals surface area contributed by atoms with Gasteiger partial charge in [-0.25, -0.2) is 62.4 Å². The van der Waals surface area contributed by atoms with Gasteiger partial charge in [-0.3, -0.25) is 0 Å². The maximum atomic E-state index is 16.0. The van der Waals surface area contributed by atoms with E-state index in [0.29, 0.717) is 6.92 Å². The summed E-state index contributed by atoms with van der Waals surface area (Å²) in [4.78, 5) is 4.83. The monoisotopic (exact) mass is 661 g/mol. The highest BCUT2D eigenvalue weighted by Crippen LogP contribution is 2.58. The van der Waals surface area contributed by atoms with E-state index in [-0.39, 0.29) is 0 Å². The Kier molecular flexibility index (Phi) is 8.36. The molecule has 0 atom stereocenters. The molecule has 1 aliphatic carbocycles. The molecule has 1 saturated carbocycles. The van der Waals surface area contributed by atoms with Gasteiger partial charge in [0.1, 0.15) is 35.4 Å². The summed E-state index contributed by atoms with van der Waals surface area (Å²) in [7, 11) is 0. The minimum atomic E-state index is -2.50. The maximum absolute atomic E-state index is 16.0. The van der Waals surface area contributed by atoms with Gasteiger partial charge >= 0.3 is 0 Å². The maximum Gasteiger partial charge on any atom is 0.262 e. The summed E-state index contributed by atoms with van der Waals surface area (Å²) >= 11 is 0. The molecular formula is C30H3F12N5. The number of benzene rings is 3. The number of allylic oxidation sites excluding steroid dienone is 4. The van der Waals surface area contributed by atoms with E-state index in [9.17, 15) is 49.2 Å². The van der Waals surface area contributed by atoms with Gasteiger partial charge in [0.05, 0.1) is 41.0 Å². The van der Waals surface area contributed by atoms with Crippen molar-refractivity contribution in [2.75, 3.05) is 0 Å². The van der Waals surface area contributed by atoms with Crippen LogP contribution in [0.4, 0.5) is 58.4 Å². The summed E-state index contributed by atoms with van der Waals surface area (Å²) in [6, 6.07) is 2.83. The largest absolute Gasteiger partial charge is 0.262 e. The van der Waals surface area contributed by atoms with Crippen LogP contribution >= 0.6 is 0 Å². The van der Waals surface area contributed by atoms with Crippen molar-refractivity contribution < 1.29 is 52.7 Å². The van der Waals surface area contributed by atoms with Gasteiger partial charge in [-0.15, -0.1) is 0 Å². The molecule has 0 aromatic heterocycles. The molecule has 1 fully saturated rings. The summed E-state index contributed by atoms with van der Waals surface area (Å²) in [5, 5.41) is 27.6. The highest BCUT2D eigenvalue weighted by atomic mass is 19.2. The smallest absolute Gasteiger partial charge is 0.237 e. The van der Waals surface area contributed by atoms with Gasteiger partial charge in [0.25, 0.3) is 5.69 Å². The van der Waals surface area contributed by atoms with E-state index >= 15 is 8.78 Å². The van der Waals surface area contributed by atoms with Crippen LogP contribution in [0.25, 0.3) is 26.8 Å². The van der Waals surface area contributed by atoms with Crippen LogP contribution in [0.3, 0.4) is 0 Å². The van der Waals surface area contributed by atoms with Gasteiger partial charge in [-0.1, -0.05) is 0 Å². The minimum Gasteiger partial charge on any atom is -0.237 e. The summed E-state index contributed by atoms with van der Waals surface area (Å²) in [6.45, 7) is 14.7. The third kappa shape index (κ3) is 4.63. The average Bonchev–Trinajstić information content (AvgIpc) is 3.77. The van der Waals surface area contributed by atoms with Crippen molar-refractivity contribution in [2.45, 2.75) is 6.92 Å². The molecule has 0 amide bonds. The Bertz CT molecular complexity index is 2130. The lowest BCUT2D eigenvalue weighted by atomic mass is 10.0. The van der Waals surface area contributed by atoms with E-state index in [1.54, 1.807) is 0 Å². The van der Waals surface area contributed by atoms with Gasteiger partial charge in [0.15, 0.2) is 58.2 Å². The Morgan fingerprint density at radius 2 is 1.00 bits per heavy atom. The van der Waals surface area contributed by atoms with Crippen molar-refractivity contribution in [1.82, 2.24) is 0 Å². The van der Waals surface area contributed by atoms with Crippen molar-refractivity contribution in [3.05, 3.63) is 137 Å². The molecule has 232 valence electrons. The van der Waals surface area contributed by atoms with E-state index in [1.807, 2.05) is 0 Å². The van der Waals surface area contributed by atoms with Gasteiger partial charge in [-0.2, -0.15) is 15.8 Å². The molecule has 0 unspecified atom stereocenters. The van der Waals surface area contributed by atoms with Gasteiger partial charge in [0.2, 0.25) is 5.70 Å². The molecule has 0 saturated heterocycles. The lowest BCUT2D eigenvalue weighted by Crippen LogP contribution is -2.06. The average molecular weight is 661 g/mol. The molecule has 17 heteroatoms. The number of hydrogen-bond acceptors (Lipinski definition) is 3. The van der Waals surface area contributed by atoms with E-state index in [1.165, 1.54) is 0 Å². The fourth-order valence-corrected chi connectivity index (χ4v) is 4.47. The second-order valence-corrected chi connectivity index (χ2v) is 9.02. The van der Waals surface area contributed by atoms with Crippen LogP contribution < -0.4 is 0 Å². The summed E-state index contributed by atoms with van der Waals surface area (Å²) in [5.74, 6) is -28.7. The van der Waals surface area contributed by atoms with E-state index in [0.717, 1.165) is 18.2 Å². The Hall–Kier alpha value is -6.51. The first-order valence-corrected chi connectivity index (χ1v) is 11.8. The SMILES string of the molecule is [C-]#[N+]C(=C1C(=C(F)c2c(F)c(C)c(C#N)c(F)c2F)C1=C(C#N)c1c(F)c(F)c([N+]#[C-])c(F)c1F)c1c(F)c(F)c(C#N)c(F)c1F. The lowest BCUT2D eigenvalue weighted by molar-refractivity contribution is 0.446. The molecule has 4 rings (SSSR count). The molecule has 0 radical (unpaired) electrons. The molecule has 3 aromatic carbocycles. The Balaban J connectivity index is 2.33. The normalized spacial score (nSPS) is 15.1. The zero-order chi connectivity index (χ0) is 35.4. The molecule has 0 spiro atoms. The number of rotatable bonds is 3. The summed E-state index contributed by atoms with van der Waals surface area (Å²) in [5.41, 5.74) is -20.3. The highest BCUT2D eigenvalue weighted by Gasteiger charge is 2.46. The third-order valence-electron chi connectivity index (χ3n) is 6.72. The van der Waals surface area contributed by atoms with Crippen LogP contribution in [0.5, 0.6) is 0 Å². The first kappa shape index (κ1) is 33.4. The molecule has 47 heavy (non-hydrogen) atoms. The topological polar surface area (TPSA) is 80.1 Å². The van der Waals surface area contributed by atoms with Crippen molar-refractivity contribution in [3.63, 3.8) is 0 Å².